The lowest BCUT2D eigenvalue weighted by atomic mass is 10.2. The molecule has 0 radical (unpaired) electrons. The molecule has 2 N–H and O–H groups in total. The summed E-state index contributed by atoms with van der Waals surface area (Å²) in [5.74, 6) is 0.0611. The molecule has 2 atom stereocenters. The van der Waals surface area contributed by atoms with Crippen molar-refractivity contribution in [1.29, 1.82) is 0 Å². The Balaban J connectivity index is 1.32. The van der Waals surface area contributed by atoms with Gasteiger partial charge in [-0.25, -0.2) is 17.8 Å². The van der Waals surface area contributed by atoms with E-state index in [0.29, 0.717) is 12.1 Å². The summed E-state index contributed by atoms with van der Waals surface area (Å²) in [7, 11) is -3.86. The van der Waals surface area contributed by atoms with Crippen LogP contribution in [0.3, 0.4) is 0 Å². The zero-order valence-electron chi connectivity index (χ0n) is 19.4. The third-order valence-electron chi connectivity index (χ3n) is 5.53. The molecule has 2 unspecified atom stereocenters. The maximum Gasteiger partial charge on any atom is 0.261 e. The summed E-state index contributed by atoms with van der Waals surface area (Å²) in [6, 6.07) is 14.4. The number of halogens is 1. The monoisotopic (exact) mass is 498 g/mol. The van der Waals surface area contributed by atoms with Gasteiger partial charge < -0.3 is 15.0 Å². The largest absolute Gasteiger partial charge is 0.372 e. The Labute approximate surface area is 204 Å². The van der Waals surface area contributed by atoms with Gasteiger partial charge in [0.05, 0.1) is 17.1 Å². The van der Waals surface area contributed by atoms with Crippen LogP contribution in [-0.4, -0.2) is 44.6 Å². The summed E-state index contributed by atoms with van der Waals surface area (Å²) in [5, 5.41) is 2.84. The molecule has 4 rings (SSSR count). The van der Waals surface area contributed by atoms with Crippen LogP contribution in [0, 0.1) is 5.82 Å². The van der Waals surface area contributed by atoms with Gasteiger partial charge in [-0.3, -0.25) is 9.52 Å². The zero-order chi connectivity index (χ0) is 25.0. The van der Waals surface area contributed by atoms with Crippen molar-refractivity contribution in [1.82, 2.24) is 10.3 Å². The van der Waals surface area contributed by atoms with Gasteiger partial charge in [-0.15, -0.1) is 0 Å². The second-order valence-corrected chi connectivity index (χ2v) is 10.2. The second-order valence-electron chi connectivity index (χ2n) is 8.51. The fraction of sp³-hybridized carbons (Fsp3) is 0.280. The fourth-order valence-electron chi connectivity index (χ4n) is 3.88. The third-order valence-corrected chi connectivity index (χ3v) is 6.93. The molecule has 10 heteroatoms. The van der Waals surface area contributed by atoms with Crippen LogP contribution < -0.4 is 14.9 Å². The smallest absolute Gasteiger partial charge is 0.261 e. The average molecular weight is 499 g/mol. The van der Waals surface area contributed by atoms with Crippen LogP contribution in [0.2, 0.25) is 0 Å². The van der Waals surface area contributed by atoms with Crippen LogP contribution >= 0.6 is 0 Å². The molecule has 0 bridgehead atoms. The van der Waals surface area contributed by atoms with Crippen molar-refractivity contribution in [2.45, 2.75) is 37.5 Å². The number of morpholine rings is 1. The highest BCUT2D eigenvalue weighted by atomic mass is 32.2. The van der Waals surface area contributed by atoms with E-state index in [-0.39, 0.29) is 28.7 Å². The van der Waals surface area contributed by atoms with Crippen LogP contribution in [0.5, 0.6) is 0 Å². The molecule has 8 nitrogen and oxygen atoms in total. The number of benzene rings is 2. The number of amides is 1. The number of carbonyl (C=O) groups excluding carboxylic acids is 1. The van der Waals surface area contributed by atoms with Gasteiger partial charge in [0, 0.05) is 37.1 Å². The van der Waals surface area contributed by atoms with E-state index in [0.717, 1.165) is 36.6 Å². The Kier molecular flexibility index (Phi) is 7.32. The molecule has 0 saturated carbocycles. The summed E-state index contributed by atoms with van der Waals surface area (Å²) in [6.45, 7) is 5.95. The van der Waals surface area contributed by atoms with Crippen LogP contribution in [0.1, 0.15) is 29.8 Å². The van der Waals surface area contributed by atoms with Gasteiger partial charge >= 0.3 is 0 Å². The van der Waals surface area contributed by atoms with Crippen molar-refractivity contribution in [3.63, 3.8) is 0 Å². The lowest BCUT2D eigenvalue weighted by molar-refractivity contribution is -0.00546. The highest BCUT2D eigenvalue weighted by Gasteiger charge is 2.23. The van der Waals surface area contributed by atoms with Crippen molar-refractivity contribution in [3.05, 3.63) is 83.8 Å². The lowest BCUT2D eigenvalue weighted by Crippen LogP contribution is -2.45. The Hall–Kier alpha value is -3.50. The second kappa shape index (κ2) is 10.4. The van der Waals surface area contributed by atoms with Crippen LogP contribution in [0.4, 0.5) is 15.9 Å². The molecule has 1 amide bonds. The van der Waals surface area contributed by atoms with Gasteiger partial charge in [-0.2, -0.15) is 0 Å². The Morgan fingerprint density at radius 2 is 1.69 bits per heavy atom. The van der Waals surface area contributed by atoms with Crippen LogP contribution in [0.25, 0.3) is 0 Å². The number of pyridine rings is 1. The summed E-state index contributed by atoms with van der Waals surface area (Å²) < 4.78 is 46.1. The molecular weight excluding hydrogens is 471 g/mol. The molecular formula is C25H27FN4O4S. The maximum atomic E-state index is 13.1. The zero-order valence-corrected chi connectivity index (χ0v) is 20.3. The number of ether oxygens (including phenoxy) is 1. The SMILES string of the molecule is CC1CN(c2ccc(CNC(=O)c3ccc(NS(=O)(=O)c4ccc(F)cc4)cc3)cn2)CC(C)O1. The first-order valence-corrected chi connectivity index (χ1v) is 12.7. The summed E-state index contributed by atoms with van der Waals surface area (Å²) >= 11 is 0. The highest BCUT2D eigenvalue weighted by Crippen LogP contribution is 2.19. The number of sulfonamides is 1. The van der Waals surface area contributed by atoms with Gasteiger partial charge in [0.2, 0.25) is 0 Å². The van der Waals surface area contributed by atoms with Gasteiger partial charge in [0.25, 0.3) is 15.9 Å². The van der Waals surface area contributed by atoms with Crippen LogP contribution in [0.15, 0.2) is 71.8 Å². The third kappa shape index (κ3) is 6.34. The molecule has 1 fully saturated rings. The summed E-state index contributed by atoms with van der Waals surface area (Å²) in [5.41, 5.74) is 1.54. The van der Waals surface area contributed by atoms with Gasteiger partial charge in [0.15, 0.2) is 0 Å². The van der Waals surface area contributed by atoms with E-state index in [9.17, 15) is 17.6 Å². The minimum Gasteiger partial charge on any atom is -0.372 e. The molecule has 184 valence electrons. The molecule has 1 aromatic heterocycles. The molecule has 0 aliphatic carbocycles. The predicted octanol–water partition coefficient (Wildman–Crippen LogP) is 3.57. The number of rotatable bonds is 7. The average Bonchev–Trinajstić information content (AvgIpc) is 2.83. The number of nitrogens with one attached hydrogen (secondary N) is 2. The fourth-order valence-corrected chi connectivity index (χ4v) is 4.93. The standard InChI is InChI=1S/C25H27FN4O4S/c1-17-15-30(16-18(2)34-17)24-12-3-19(13-27-24)14-28-25(31)20-4-8-22(9-5-20)29-35(32,33)23-10-6-21(26)7-11-23/h3-13,17-18,29H,14-16H2,1-2H3,(H,28,31). The molecule has 0 spiro atoms. The van der Waals surface area contributed by atoms with Crippen molar-refractivity contribution in [2.75, 3.05) is 22.7 Å². The van der Waals surface area contributed by atoms with E-state index in [4.69, 9.17) is 4.74 Å². The van der Waals surface area contributed by atoms with E-state index in [1.807, 2.05) is 26.0 Å². The Morgan fingerprint density at radius 1 is 1.03 bits per heavy atom. The van der Waals surface area contributed by atoms with Gasteiger partial charge in [-0.1, -0.05) is 6.07 Å². The first kappa shape index (κ1) is 24.6. The first-order valence-electron chi connectivity index (χ1n) is 11.2. The minimum absolute atomic E-state index is 0.0574. The summed E-state index contributed by atoms with van der Waals surface area (Å²) in [6.07, 6.45) is 2.03. The number of carbonyl (C=O) groups is 1. The summed E-state index contributed by atoms with van der Waals surface area (Å²) in [4.78, 5) is 19.2. The number of hydrogen-bond donors (Lipinski definition) is 2. The van der Waals surface area contributed by atoms with Crippen molar-refractivity contribution in [2.24, 2.45) is 0 Å². The molecule has 35 heavy (non-hydrogen) atoms. The Morgan fingerprint density at radius 3 is 2.29 bits per heavy atom. The van der Waals surface area contributed by atoms with E-state index >= 15 is 0 Å². The normalized spacial score (nSPS) is 18.2. The topological polar surface area (TPSA) is 101 Å². The Bertz CT molecular complexity index is 1260. The minimum atomic E-state index is -3.86. The molecule has 3 aromatic rings. The van der Waals surface area contributed by atoms with Crippen molar-refractivity contribution in [3.8, 4) is 0 Å². The number of hydrogen-bond acceptors (Lipinski definition) is 6. The molecule has 2 heterocycles. The predicted molar refractivity (Wildman–Crippen MR) is 131 cm³/mol. The molecule has 1 saturated heterocycles. The first-order chi connectivity index (χ1) is 16.7. The van der Waals surface area contributed by atoms with Crippen molar-refractivity contribution < 1.29 is 22.3 Å². The van der Waals surface area contributed by atoms with E-state index in [1.165, 1.54) is 36.4 Å². The molecule has 2 aromatic carbocycles. The number of anilines is 2. The lowest BCUT2D eigenvalue weighted by Gasteiger charge is -2.36. The van der Waals surface area contributed by atoms with Crippen molar-refractivity contribution >= 4 is 27.4 Å². The molecule has 1 aliphatic heterocycles. The maximum absolute atomic E-state index is 13.1. The van der Waals surface area contributed by atoms with E-state index in [1.54, 1.807) is 6.20 Å². The number of nitrogens with zero attached hydrogens (tertiary/aromatic N) is 2. The van der Waals surface area contributed by atoms with Crippen LogP contribution in [-0.2, 0) is 21.3 Å². The molecule has 1 aliphatic rings. The van der Waals surface area contributed by atoms with Gasteiger partial charge in [-0.05, 0) is 74.0 Å². The van der Waals surface area contributed by atoms with E-state index < -0.39 is 15.8 Å². The van der Waals surface area contributed by atoms with Gasteiger partial charge in [0.1, 0.15) is 11.6 Å². The quantitative estimate of drug-likeness (QED) is 0.517. The van der Waals surface area contributed by atoms with E-state index in [2.05, 4.69) is 19.9 Å². The highest BCUT2D eigenvalue weighted by molar-refractivity contribution is 7.92. The number of aromatic nitrogens is 1.